The summed E-state index contributed by atoms with van der Waals surface area (Å²) in [4.78, 5) is 0.146. The summed E-state index contributed by atoms with van der Waals surface area (Å²) in [6.45, 7) is 1.97. The van der Waals surface area contributed by atoms with Crippen molar-refractivity contribution in [3.05, 3.63) is 47.5 Å². The van der Waals surface area contributed by atoms with Gasteiger partial charge in [0.1, 0.15) is 0 Å². The molecule has 3 N–H and O–H groups in total. The fourth-order valence-electron chi connectivity index (χ4n) is 3.24. The molecule has 0 aliphatic carbocycles. The van der Waals surface area contributed by atoms with E-state index in [0.717, 1.165) is 31.6 Å². The van der Waals surface area contributed by atoms with Crippen molar-refractivity contribution < 1.29 is 8.42 Å². The van der Waals surface area contributed by atoms with Crippen LogP contribution in [0.5, 0.6) is 0 Å². The quantitative estimate of drug-likeness (QED) is 0.592. The van der Waals surface area contributed by atoms with Gasteiger partial charge in [0.2, 0.25) is 9.84 Å². The van der Waals surface area contributed by atoms with Gasteiger partial charge < -0.3 is 10.6 Å². The highest BCUT2D eigenvalue weighted by molar-refractivity contribution is 7.91. The lowest BCUT2D eigenvalue weighted by molar-refractivity contribution is 0.479. The second-order valence-corrected chi connectivity index (χ2v) is 8.74. The number of fused-ring (bicyclic) bond motifs is 1. The lowest BCUT2D eigenvalue weighted by atomic mass is 10.1. The van der Waals surface area contributed by atoms with Gasteiger partial charge in [-0.15, -0.1) is 12.4 Å². The number of nitrogens with zero attached hydrogens (tertiary/aromatic N) is 1. The Bertz CT molecular complexity index is 1050. The Balaban J connectivity index is 0.00000210. The number of sulfone groups is 1. The van der Waals surface area contributed by atoms with Crippen molar-refractivity contribution in [1.29, 1.82) is 0 Å². The monoisotopic (exact) mass is 426 g/mol. The number of H-pyrrole nitrogens is 1. The fraction of sp³-hybridized carbons (Fsp3) is 0.278. The molecule has 1 aliphatic heterocycles. The molecule has 0 radical (unpaired) electrons. The molecule has 0 bridgehead atoms. The molecule has 0 saturated carbocycles. The lowest BCUT2D eigenvalue weighted by Gasteiger charge is -2.24. The van der Waals surface area contributed by atoms with Crippen LogP contribution < -0.4 is 10.6 Å². The average molecular weight is 427 g/mol. The van der Waals surface area contributed by atoms with Crippen molar-refractivity contribution in [2.45, 2.75) is 28.8 Å². The van der Waals surface area contributed by atoms with Gasteiger partial charge in [-0.1, -0.05) is 17.7 Å². The van der Waals surface area contributed by atoms with Crippen LogP contribution in [-0.2, 0) is 9.84 Å². The topological polar surface area (TPSA) is 86.9 Å². The summed E-state index contributed by atoms with van der Waals surface area (Å²) in [6, 6.07) is 12.2. The summed E-state index contributed by atoms with van der Waals surface area (Å²) in [5, 5.41) is 14.7. The number of rotatable bonds is 4. The third-order valence-electron chi connectivity index (χ3n) is 4.60. The van der Waals surface area contributed by atoms with Gasteiger partial charge >= 0.3 is 0 Å². The number of hydrogen-bond acceptors (Lipinski definition) is 5. The van der Waals surface area contributed by atoms with Crippen LogP contribution in [0.2, 0.25) is 5.02 Å². The molecule has 9 heteroatoms. The van der Waals surface area contributed by atoms with Crippen molar-refractivity contribution in [3.63, 3.8) is 0 Å². The molecule has 2 heterocycles. The molecular formula is C18H20Cl2N4O2S. The maximum absolute atomic E-state index is 13.0. The molecule has 3 aromatic rings. The summed E-state index contributed by atoms with van der Waals surface area (Å²) >= 11 is 5.96. The summed E-state index contributed by atoms with van der Waals surface area (Å²) in [5.41, 5.74) is 1.51. The van der Waals surface area contributed by atoms with Crippen molar-refractivity contribution in [2.24, 2.45) is 0 Å². The van der Waals surface area contributed by atoms with Crippen molar-refractivity contribution in [3.8, 4) is 0 Å². The molecule has 27 heavy (non-hydrogen) atoms. The van der Waals surface area contributed by atoms with Crippen LogP contribution >= 0.6 is 24.0 Å². The van der Waals surface area contributed by atoms with Crippen LogP contribution in [0.4, 0.5) is 5.69 Å². The predicted octanol–water partition coefficient (Wildman–Crippen LogP) is 3.63. The maximum Gasteiger partial charge on any atom is 0.223 e. The van der Waals surface area contributed by atoms with Crippen LogP contribution in [0.25, 0.3) is 10.9 Å². The minimum Gasteiger partial charge on any atom is -0.382 e. The van der Waals surface area contributed by atoms with Gasteiger partial charge in [0, 0.05) is 22.1 Å². The maximum atomic E-state index is 13.0. The number of aromatic amines is 1. The number of benzene rings is 2. The zero-order chi connectivity index (χ0) is 18.1. The summed E-state index contributed by atoms with van der Waals surface area (Å²) in [7, 11) is -3.73. The van der Waals surface area contributed by atoms with Crippen LogP contribution in [0, 0.1) is 0 Å². The van der Waals surface area contributed by atoms with E-state index in [1.165, 1.54) is 12.1 Å². The smallest absolute Gasteiger partial charge is 0.223 e. The van der Waals surface area contributed by atoms with Crippen LogP contribution in [0.3, 0.4) is 0 Å². The Kier molecular flexibility index (Phi) is 5.95. The van der Waals surface area contributed by atoms with E-state index in [4.69, 9.17) is 11.6 Å². The zero-order valence-corrected chi connectivity index (χ0v) is 16.8. The van der Waals surface area contributed by atoms with E-state index < -0.39 is 9.84 Å². The standard InChI is InChI=1S/C18H19ClN4O2S.ClH/c19-12-2-1-3-15(10-12)26(24,25)18-16-11-14(4-5-17(16)22-23-18)21-13-6-8-20-9-7-13;/h1-5,10-11,13,20-21H,6-9H2,(H,22,23);1H. The number of piperidine rings is 1. The van der Waals surface area contributed by atoms with Gasteiger partial charge in [0.25, 0.3) is 0 Å². The Labute approximate surface area is 169 Å². The highest BCUT2D eigenvalue weighted by Crippen LogP contribution is 2.29. The molecule has 4 rings (SSSR count). The number of hydrogen-bond donors (Lipinski definition) is 3. The van der Waals surface area contributed by atoms with Crippen molar-refractivity contribution in [1.82, 2.24) is 15.5 Å². The van der Waals surface area contributed by atoms with Crippen LogP contribution in [0.15, 0.2) is 52.4 Å². The molecule has 0 atom stereocenters. The van der Waals surface area contributed by atoms with Crippen molar-refractivity contribution >= 4 is 50.4 Å². The average Bonchev–Trinajstić information content (AvgIpc) is 3.06. The van der Waals surface area contributed by atoms with Gasteiger partial charge in [-0.3, -0.25) is 5.10 Å². The van der Waals surface area contributed by atoms with E-state index in [0.29, 0.717) is 22.0 Å². The highest BCUT2D eigenvalue weighted by atomic mass is 35.5. The minimum absolute atomic E-state index is 0. The fourth-order valence-corrected chi connectivity index (χ4v) is 4.88. The summed E-state index contributed by atoms with van der Waals surface area (Å²) < 4.78 is 26.0. The Morgan fingerprint density at radius 3 is 2.63 bits per heavy atom. The number of anilines is 1. The molecule has 1 aromatic heterocycles. The molecule has 0 amide bonds. The lowest BCUT2D eigenvalue weighted by Crippen LogP contribution is -2.35. The highest BCUT2D eigenvalue weighted by Gasteiger charge is 2.23. The molecule has 1 aliphatic rings. The van der Waals surface area contributed by atoms with Gasteiger partial charge in [-0.25, -0.2) is 8.42 Å². The third-order valence-corrected chi connectivity index (χ3v) is 6.56. The predicted molar refractivity (Wildman–Crippen MR) is 110 cm³/mol. The first-order chi connectivity index (χ1) is 12.5. The van der Waals surface area contributed by atoms with Crippen LogP contribution in [-0.4, -0.2) is 37.7 Å². The third kappa shape index (κ3) is 4.06. The molecule has 0 unspecified atom stereocenters. The first kappa shape index (κ1) is 19.9. The largest absolute Gasteiger partial charge is 0.382 e. The molecule has 144 valence electrons. The van der Waals surface area contributed by atoms with Gasteiger partial charge in [-0.2, -0.15) is 5.10 Å². The van der Waals surface area contributed by atoms with Gasteiger partial charge in [-0.05, 0) is 62.3 Å². The zero-order valence-electron chi connectivity index (χ0n) is 14.4. The second kappa shape index (κ2) is 8.06. The van der Waals surface area contributed by atoms with E-state index >= 15 is 0 Å². The molecule has 2 aromatic carbocycles. The first-order valence-electron chi connectivity index (χ1n) is 8.50. The number of aromatic nitrogens is 2. The first-order valence-corrected chi connectivity index (χ1v) is 10.4. The Hall–Kier alpha value is -1.80. The molecule has 6 nitrogen and oxygen atoms in total. The molecule has 0 spiro atoms. The number of halogens is 2. The van der Waals surface area contributed by atoms with E-state index in [9.17, 15) is 8.42 Å². The Morgan fingerprint density at radius 1 is 1.11 bits per heavy atom. The second-order valence-electron chi connectivity index (χ2n) is 6.41. The van der Waals surface area contributed by atoms with Crippen molar-refractivity contribution in [2.75, 3.05) is 18.4 Å². The van der Waals surface area contributed by atoms with E-state index in [-0.39, 0.29) is 22.3 Å². The minimum atomic E-state index is -3.73. The SMILES string of the molecule is Cl.O=S(=O)(c1cccc(Cl)c1)c1[nH]nc2ccc(NC3CCNCC3)cc12. The normalized spacial score (nSPS) is 15.4. The van der Waals surface area contributed by atoms with Gasteiger partial charge in [0.15, 0.2) is 5.03 Å². The van der Waals surface area contributed by atoms with Crippen LogP contribution in [0.1, 0.15) is 12.8 Å². The molecule has 1 saturated heterocycles. The van der Waals surface area contributed by atoms with Gasteiger partial charge in [0.05, 0.1) is 10.4 Å². The Morgan fingerprint density at radius 2 is 1.89 bits per heavy atom. The van der Waals surface area contributed by atoms with E-state index in [2.05, 4.69) is 20.8 Å². The van der Waals surface area contributed by atoms with E-state index in [1.54, 1.807) is 12.1 Å². The molecular weight excluding hydrogens is 407 g/mol. The summed E-state index contributed by atoms with van der Waals surface area (Å²) in [5.74, 6) is 0. The number of nitrogens with one attached hydrogen (secondary N) is 3. The van der Waals surface area contributed by atoms with E-state index in [1.807, 2.05) is 18.2 Å². The molecule has 1 fully saturated rings. The summed E-state index contributed by atoms with van der Waals surface area (Å²) in [6.07, 6.45) is 2.08.